The number of hydrogen-bond acceptors (Lipinski definition) is 4. The molecular weight excluding hydrogens is 282 g/mol. The molecule has 0 unspecified atom stereocenters. The summed E-state index contributed by atoms with van der Waals surface area (Å²) in [5.74, 6) is 0.207. The van der Waals surface area contributed by atoms with Gasteiger partial charge in [-0.3, -0.25) is 14.5 Å². The molecule has 0 bridgehead atoms. The van der Waals surface area contributed by atoms with Crippen LogP contribution in [0, 0.1) is 5.92 Å². The van der Waals surface area contributed by atoms with Gasteiger partial charge in [0.1, 0.15) is 0 Å². The molecule has 1 aliphatic heterocycles. The fourth-order valence-electron chi connectivity index (χ4n) is 2.57. The molecule has 0 spiro atoms. The highest BCUT2D eigenvalue weighted by atomic mass is 16.3. The van der Waals surface area contributed by atoms with Gasteiger partial charge in [0.05, 0.1) is 6.54 Å². The quantitative estimate of drug-likeness (QED) is 0.765. The molecule has 0 saturated carbocycles. The van der Waals surface area contributed by atoms with Crippen molar-refractivity contribution in [2.75, 3.05) is 36.9 Å². The Morgan fingerprint density at radius 3 is 2.18 bits per heavy atom. The van der Waals surface area contributed by atoms with Gasteiger partial charge >= 0.3 is 0 Å². The maximum absolute atomic E-state index is 12.0. The Morgan fingerprint density at radius 2 is 1.68 bits per heavy atom. The Kier molecular flexibility index (Phi) is 5.91. The summed E-state index contributed by atoms with van der Waals surface area (Å²) in [4.78, 5) is 25.1. The largest absolute Gasteiger partial charge is 0.396 e. The summed E-state index contributed by atoms with van der Waals surface area (Å²) in [5.41, 5.74) is 1.42. The van der Waals surface area contributed by atoms with E-state index in [0.29, 0.717) is 23.8 Å². The van der Waals surface area contributed by atoms with Crippen LogP contribution in [0.5, 0.6) is 0 Å². The first-order valence-corrected chi connectivity index (χ1v) is 7.57. The molecule has 1 saturated heterocycles. The van der Waals surface area contributed by atoms with E-state index in [2.05, 4.69) is 15.5 Å². The predicted octanol–water partition coefficient (Wildman–Crippen LogP) is 1.29. The number of rotatable bonds is 5. The number of carbonyl (C=O) groups excluding carboxylic acids is 2. The van der Waals surface area contributed by atoms with Crippen LogP contribution in [0.15, 0.2) is 24.3 Å². The van der Waals surface area contributed by atoms with Crippen molar-refractivity contribution < 1.29 is 14.7 Å². The highest BCUT2D eigenvalue weighted by molar-refractivity contribution is 5.93. The van der Waals surface area contributed by atoms with Gasteiger partial charge in [0.2, 0.25) is 11.8 Å². The topological polar surface area (TPSA) is 81.7 Å². The monoisotopic (exact) mass is 305 g/mol. The van der Waals surface area contributed by atoms with E-state index < -0.39 is 0 Å². The van der Waals surface area contributed by atoms with Crippen molar-refractivity contribution in [3.63, 3.8) is 0 Å². The Labute approximate surface area is 130 Å². The van der Waals surface area contributed by atoms with Crippen LogP contribution in [0.2, 0.25) is 0 Å². The zero-order valence-corrected chi connectivity index (χ0v) is 12.8. The molecule has 1 aromatic carbocycles. The van der Waals surface area contributed by atoms with E-state index >= 15 is 0 Å². The van der Waals surface area contributed by atoms with Crippen molar-refractivity contribution in [1.82, 2.24) is 4.90 Å². The molecule has 1 aromatic rings. The van der Waals surface area contributed by atoms with Crippen LogP contribution >= 0.6 is 0 Å². The maximum atomic E-state index is 12.0. The smallest absolute Gasteiger partial charge is 0.238 e. The molecule has 0 radical (unpaired) electrons. The first kappa shape index (κ1) is 16.5. The minimum atomic E-state index is -0.122. The summed E-state index contributed by atoms with van der Waals surface area (Å²) in [6, 6.07) is 7.04. The van der Waals surface area contributed by atoms with Crippen molar-refractivity contribution in [3.05, 3.63) is 24.3 Å². The molecular formula is C16H23N3O3. The highest BCUT2D eigenvalue weighted by Gasteiger charge is 2.20. The molecule has 6 heteroatoms. The van der Waals surface area contributed by atoms with E-state index in [9.17, 15) is 9.59 Å². The first-order valence-electron chi connectivity index (χ1n) is 7.57. The lowest BCUT2D eigenvalue weighted by molar-refractivity contribution is -0.117. The van der Waals surface area contributed by atoms with Crippen LogP contribution in [0.1, 0.15) is 19.8 Å². The van der Waals surface area contributed by atoms with Gasteiger partial charge in [0.25, 0.3) is 0 Å². The van der Waals surface area contributed by atoms with E-state index in [0.717, 1.165) is 25.9 Å². The average molecular weight is 305 g/mol. The highest BCUT2D eigenvalue weighted by Crippen LogP contribution is 2.17. The van der Waals surface area contributed by atoms with E-state index in [1.807, 2.05) is 0 Å². The van der Waals surface area contributed by atoms with E-state index in [4.69, 9.17) is 5.11 Å². The summed E-state index contributed by atoms with van der Waals surface area (Å²) in [6.07, 6.45) is 1.88. The van der Waals surface area contributed by atoms with Crippen molar-refractivity contribution in [1.29, 1.82) is 0 Å². The van der Waals surface area contributed by atoms with Crippen LogP contribution in [-0.4, -0.2) is 48.1 Å². The molecule has 1 aliphatic rings. The van der Waals surface area contributed by atoms with Gasteiger partial charge in [-0.25, -0.2) is 0 Å². The number of hydrogen-bond donors (Lipinski definition) is 3. The second kappa shape index (κ2) is 7.91. The van der Waals surface area contributed by atoms with Gasteiger partial charge in [-0.15, -0.1) is 0 Å². The number of nitrogens with one attached hydrogen (secondary N) is 2. The Morgan fingerprint density at radius 1 is 1.14 bits per heavy atom. The Balaban J connectivity index is 1.78. The number of aliphatic hydroxyl groups excluding tert-OH is 1. The zero-order valence-electron chi connectivity index (χ0n) is 12.8. The number of piperidine rings is 1. The van der Waals surface area contributed by atoms with Gasteiger partial charge in [-0.1, -0.05) is 0 Å². The number of anilines is 2. The van der Waals surface area contributed by atoms with Gasteiger partial charge in [-0.2, -0.15) is 0 Å². The molecule has 0 atom stereocenters. The van der Waals surface area contributed by atoms with E-state index in [-0.39, 0.29) is 18.4 Å². The van der Waals surface area contributed by atoms with Crippen molar-refractivity contribution in [3.8, 4) is 0 Å². The predicted molar refractivity (Wildman–Crippen MR) is 85.6 cm³/mol. The molecule has 1 heterocycles. The summed E-state index contributed by atoms with van der Waals surface area (Å²) in [6.45, 7) is 3.75. The van der Waals surface area contributed by atoms with Gasteiger partial charge < -0.3 is 15.7 Å². The number of likely N-dealkylation sites (tertiary alicyclic amines) is 1. The van der Waals surface area contributed by atoms with Crippen LogP contribution in [0.3, 0.4) is 0 Å². The maximum Gasteiger partial charge on any atom is 0.238 e. The van der Waals surface area contributed by atoms with Crippen LogP contribution in [0.4, 0.5) is 11.4 Å². The second-order valence-corrected chi connectivity index (χ2v) is 5.71. The summed E-state index contributed by atoms with van der Waals surface area (Å²) in [5, 5.41) is 14.6. The molecule has 2 rings (SSSR count). The number of benzene rings is 1. The van der Waals surface area contributed by atoms with Crippen LogP contribution < -0.4 is 10.6 Å². The third-order valence-electron chi connectivity index (χ3n) is 3.82. The minimum absolute atomic E-state index is 0.0466. The van der Waals surface area contributed by atoms with Crippen molar-refractivity contribution in [2.24, 2.45) is 5.92 Å². The van der Waals surface area contributed by atoms with Crippen LogP contribution in [-0.2, 0) is 9.59 Å². The summed E-state index contributed by atoms with van der Waals surface area (Å²) in [7, 11) is 0. The van der Waals surface area contributed by atoms with E-state index in [1.54, 1.807) is 24.3 Å². The molecule has 2 amide bonds. The summed E-state index contributed by atoms with van der Waals surface area (Å²) < 4.78 is 0. The third kappa shape index (κ3) is 5.13. The fourth-order valence-corrected chi connectivity index (χ4v) is 2.57. The molecule has 1 fully saturated rings. The third-order valence-corrected chi connectivity index (χ3v) is 3.82. The average Bonchev–Trinajstić information content (AvgIpc) is 2.49. The van der Waals surface area contributed by atoms with Crippen LogP contribution in [0.25, 0.3) is 0 Å². The normalized spacial score (nSPS) is 16.3. The molecule has 120 valence electrons. The molecule has 6 nitrogen and oxygen atoms in total. The second-order valence-electron chi connectivity index (χ2n) is 5.71. The first-order chi connectivity index (χ1) is 10.6. The van der Waals surface area contributed by atoms with Crippen molar-refractivity contribution >= 4 is 23.2 Å². The van der Waals surface area contributed by atoms with Crippen molar-refractivity contribution in [2.45, 2.75) is 19.8 Å². The SMILES string of the molecule is CC(=O)Nc1ccc(NC(=O)CN2CCC(CO)CC2)cc1. The molecule has 0 aromatic heterocycles. The summed E-state index contributed by atoms with van der Waals surface area (Å²) >= 11 is 0. The van der Waals surface area contributed by atoms with E-state index in [1.165, 1.54) is 6.92 Å². The lowest BCUT2D eigenvalue weighted by Crippen LogP contribution is -2.39. The Bertz CT molecular complexity index is 508. The number of aliphatic hydroxyl groups is 1. The number of nitrogens with zero attached hydrogens (tertiary/aromatic N) is 1. The van der Waals surface area contributed by atoms with Gasteiger partial charge in [0, 0.05) is 24.9 Å². The Hall–Kier alpha value is -1.92. The molecule has 3 N–H and O–H groups in total. The molecule has 22 heavy (non-hydrogen) atoms. The zero-order chi connectivity index (χ0) is 15.9. The van der Waals surface area contributed by atoms with Gasteiger partial charge in [-0.05, 0) is 56.1 Å². The standard InChI is InChI=1S/C16H23N3O3/c1-12(21)17-14-2-4-15(5-3-14)18-16(22)10-19-8-6-13(11-20)7-9-19/h2-5,13,20H,6-11H2,1H3,(H,17,21)(H,18,22). The molecule has 0 aliphatic carbocycles. The lowest BCUT2D eigenvalue weighted by Gasteiger charge is -2.30. The van der Waals surface area contributed by atoms with Gasteiger partial charge in [0.15, 0.2) is 0 Å². The fraction of sp³-hybridized carbons (Fsp3) is 0.500. The number of amides is 2. The lowest BCUT2D eigenvalue weighted by atomic mass is 9.98. The number of carbonyl (C=O) groups is 2. The minimum Gasteiger partial charge on any atom is -0.396 e.